The Morgan fingerprint density at radius 3 is 2.60 bits per heavy atom. The molecule has 1 saturated heterocycles. The summed E-state index contributed by atoms with van der Waals surface area (Å²) in [5, 5.41) is 6.62. The number of benzene rings is 2. The number of nitrogens with one attached hydrogen (secondary N) is 2. The van der Waals surface area contributed by atoms with Gasteiger partial charge >= 0.3 is 0 Å². The highest BCUT2D eigenvalue weighted by atomic mass is 16.5. The van der Waals surface area contributed by atoms with Gasteiger partial charge in [0.15, 0.2) is 0 Å². The van der Waals surface area contributed by atoms with E-state index in [1.165, 1.54) is 36.8 Å². The van der Waals surface area contributed by atoms with Gasteiger partial charge in [0.1, 0.15) is 11.8 Å². The van der Waals surface area contributed by atoms with Gasteiger partial charge in [-0.05, 0) is 72.9 Å². The fraction of sp³-hybridized carbons (Fsp3) is 0.448. The van der Waals surface area contributed by atoms with E-state index in [2.05, 4.69) is 41.5 Å². The average Bonchev–Trinajstić information content (AvgIpc) is 3.19. The normalized spacial score (nSPS) is 24.3. The van der Waals surface area contributed by atoms with E-state index in [1.54, 1.807) is 12.0 Å². The molecule has 3 aliphatic rings. The summed E-state index contributed by atoms with van der Waals surface area (Å²) in [5.74, 6) is 1.31. The van der Waals surface area contributed by atoms with Gasteiger partial charge in [-0.1, -0.05) is 43.7 Å². The highest BCUT2D eigenvalue weighted by Crippen LogP contribution is 2.32. The molecule has 2 aromatic rings. The van der Waals surface area contributed by atoms with Crippen molar-refractivity contribution in [3.8, 4) is 5.75 Å². The summed E-state index contributed by atoms with van der Waals surface area (Å²) >= 11 is 0. The SMILES string of the molecule is C=C1CCC(N2Cc3cc(C[C@H]4CCCC[C@@H]4NCc4ccc(OC)cc4)ccc3C2=O)C(=O)N1. The summed E-state index contributed by atoms with van der Waals surface area (Å²) in [6, 6.07) is 14.6. The third kappa shape index (κ3) is 5.13. The van der Waals surface area contributed by atoms with E-state index < -0.39 is 6.04 Å². The van der Waals surface area contributed by atoms with Crippen molar-refractivity contribution in [2.24, 2.45) is 5.92 Å². The van der Waals surface area contributed by atoms with Crippen LogP contribution in [0.4, 0.5) is 0 Å². The van der Waals surface area contributed by atoms with Crippen molar-refractivity contribution in [3.63, 3.8) is 0 Å². The van der Waals surface area contributed by atoms with E-state index in [4.69, 9.17) is 4.74 Å². The molecule has 2 fully saturated rings. The van der Waals surface area contributed by atoms with Crippen LogP contribution in [0.1, 0.15) is 65.6 Å². The minimum atomic E-state index is -0.409. The Kier molecular flexibility index (Phi) is 6.91. The van der Waals surface area contributed by atoms with Gasteiger partial charge in [0.05, 0.1) is 7.11 Å². The predicted molar refractivity (Wildman–Crippen MR) is 136 cm³/mol. The number of ether oxygens (including phenoxy) is 1. The zero-order valence-electron chi connectivity index (χ0n) is 20.5. The summed E-state index contributed by atoms with van der Waals surface area (Å²) in [5.41, 5.74) is 5.07. The summed E-state index contributed by atoms with van der Waals surface area (Å²) in [4.78, 5) is 27.2. The standard InChI is InChI=1S/C29H35N3O3/c1-19-7-14-27(28(33)31-19)32-18-23-16-21(10-13-25(23)29(32)34)15-22-5-3-4-6-26(22)30-17-20-8-11-24(35-2)12-9-20/h8-13,16,22,26-27,30H,1,3-7,14-15,17-18H2,2H3,(H,31,33)/t22-,26+,27?/m1/s1. The lowest BCUT2D eigenvalue weighted by Crippen LogP contribution is -2.49. The molecule has 0 aromatic heterocycles. The first-order valence-corrected chi connectivity index (χ1v) is 12.8. The molecule has 1 unspecified atom stereocenters. The van der Waals surface area contributed by atoms with Crippen LogP contribution in [-0.4, -0.2) is 35.9 Å². The third-order valence-corrected chi connectivity index (χ3v) is 7.83. The molecule has 1 saturated carbocycles. The summed E-state index contributed by atoms with van der Waals surface area (Å²) < 4.78 is 5.27. The number of amides is 2. The van der Waals surface area contributed by atoms with Gasteiger partial charge in [0, 0.05) is 30.4 Å². The molecule has 184 valence electrons. The average molecular weight is 474 g/mol. The Morgan fingerprint density at radius 2 is 1.83 bits per heavy atom. The molecule has 35 heavy (non-hydrogen) atoms. The molecular formula is C29H35N3O3. The highest BCUT2D eigenvalue weighted by Gasteiger charge is 2.38. The van der Waals surface area contributed by atoms with Gasteiger partial charge in [-0.3, -0.25) is 9.59 Å². The Bertz CT molecular complexity index is 1110. The largest absolute Gasteiger partial charge is 0.497 e. The van der Waals surface area contributed by atoms with Crippen LogP contribution in [-0.2, 0) is 24.3 Å². The first-order chi connectivity index (χ1) is 17.0. The second-order valence-electron chi connectivity index (χ2n) is 10.2. The van der Waals surface area contributed by atoms with Crippen molar-refractivity contribution in [2.75, 3.05) is 7.11 Å². The van der Waals surface area contributed by atoms with Gasteiger partial charge in [0.2, 0.25) is 5.91 Å². The van der Waals surface area contributed by atoms with Crippen molar-refractivity contribution in [1.82, 2.24) is 15.5 Å². The molecule has 1 aliphatic carbocycles. The maximum Gasteiger partial charge on any atom is 0.255 e. The molecule has 2 N–H and O–H groups in total. The number of nitrogens with zero attached hydrogens (tertiary/aromatic N) is 1. The van der Waals surface area contributed by atoms with Gasteiger partial charge in [0.25, 0.3) is 5.91 Å². The van der Waals surface area contributed by atoms with Crippen molar-refractivity contribution in [3.05, 3.63) is 77.0 Å². The maximum absolute atomic E-state index is 13.0. The number of carbonyl (C=O) groups is 2. The second-order valence-corrected chi connectivity index (χ2v) is 10.2. The molecule has 2 aromatic carbocycles. The van der Waals surface area contributed by atoms with E-state index in [9.17, 15) is 9.59 Å². The van der Waals surface area contributed by atoms with Gasteiger partial charge in [-0.2, -0.15) is 0 Å². The van der Waals surface area contributed by atoms with Crippen LogP contribution in [0.2, 0.25) is 0 Å². The molecule has 3 atom stereocenters. The molecule has 0 spiro atoms. The summed E-state index contributed by atoms with van der Waals surface area (Å²) in [6.45, 7) is 5.22. The number of rotatable bonds is 7. The number of hydrogen-bond donors (Lipinski definition) is 2. The molecule has 2 amide bonds. The monoisotopic (exact) mass is 473 g/mol. The van der Waals surface area contributed by atoms with Crippen molar-refractivity contribution in [1.29, 1.82) is 0 Å². The second kappa shape index (κ2) is 10.2. The fourth-order valence-corrected chi connectivity index (χ4v) is 5.85. The Labute approximate surface area is 207 Å². The lowest BCUT2D eigenvalue weighted by molar-refractivity contribution is -0.126. The topological polar surface area (TPSA) is 70.7 Å². The first kappa shape index (κ1) is 23.6. The number of hydrogen-bond acceptors (Lipinski definition) is 4. The minimum Gasteiger partial charge on any atom is -0.497 e. The number of carbonyl (C=O) groups excluding carboxylic acids is 2. The Morgan fingerprint density at radius 1 is 1.06 bits per heavy atom. The van der Waals surface area contributed by atoms with Crippen molar-refractivity contribution >= 4 is 11.8 Å². The van der Waals surface area contributed by atoms with E-state index in [1.807, 2.05) is 18.2 Å². The number of methoxy groups -OCH3 is 1. The quantitative estimate of drug-likeness (QED) is 0.628. The van der Waals surface area contributed by atoms with Gasteiger partial charge in [-0.25, -0.2) is 0 Å². The van der Waals surface area contributed by atoms with Gasteiger partial charge < -0.3 is 20.3 Å². The number of piperidine rings is 1. The first-order valence-electron chi connectivity index (χ1n) is 12.8. The molecule has 0 bridgehead atoms. The van der Waals surface area contributed by atoms with E-state index in [0.29, 0.717) is 31.3 Å². The number of fused-ring (bicyclic) bond motifs is 1. The smallest absolute Gasteiger partial charge is 0.255 e. The highest BCUT2D eigenvalue weighted by molar-refractivity contribution is 6.01. The summed E-state index contributed by atoms with van der Waals surface area (Å²) in [7, 11) is 1.69. The number of allylic oxidation sites excluding steroid dienone is 1. The molecule has 2 heterocycles. The van der Waals surface area contributed by atoms with E-state index in [-0.39, 0.29) is 11.8 Å². The lowest BCUT2D eigenvalue weighted by Gasteiger charge is -2.33. The maximum atomic E-state index is 13.0. The molecule has 0 radical (unpaired) electrons. The minimum absolute atomic E-state index is 0.0316. The van der Waals surface area contributed by atoms with Crippen LogP contribution in [0.15, 0.2) is 54.7 Å². The summed E-state index contributed by atoms with van der Waals surface area (Å²) in [6.07, 6.45) is 7.31. The van der Waals surface area contributed by atoms with Crippen LogP contribution in [0.3, 0.4) is 0 Å². The molecule has 6 nitrogen and oxygen atoms in total. The van der Waals surface area contributed by atoms with Crippen molar-refractivity contribution in [2.45, 2.75) is 70.1 Å². The fourth-order valence-electron chi connectivity index (χ4n) is 5.85. The molecule has 6 heteroatoms. The van der Waals surface area contributed by atoms with Crippen LogP contribution in [0.5, 0.6) is 5.75 Å². The Balaban J connectivity index is 1.23. The third-order valence-electron chi connectivity index (χ3n) is 7.83. The van der Waals surface area contributed by atoms with E-state index >= 15 is 0 Å². The van der Waals surface area contributed by atoms with Crippen LogP contribution in [0.25, 0.3) is 0 Å². The Hall–Kier alpha value is -3.12. The van der Waals surface area contributed by atoms with Crippen LogP contribution in [0, 0.1) is 5.92 Å². The van der Waals surface area contributed by atoms with Gasteiger partial charge in [-0.15, -0.1) is 0 Å². The zero-order valence-corrected chi connectivity index (χ0v) is 20.5. The molecule has 5 rings (SSSR count). The zero-order chi connectivity index (χ0) is 24.4. The van der Waals surface area contributed by atoms with Crippen molar-refractivity contribution < 1.29 is 14.3 Å². The molecule has 2 aliphatic heterocycles. The predicted octanol–water partition coefficient (Wildman–Crippen LogP) is 4.33. The van der Waals surface area contributed by atoms with Crippen LogP contribution < -0.4 is 15.4 Å². The van der Waals surface area contributed by atoms with E-state index in [0.717, 1.165) is 35.5 Å². The molecular weight excluding hydrogens is 438 g/mol. The van der Waals surface area contributed by atoms with Crippen LogP contribution >= 0.6 is 0 Å². The lowest BCUT2D eigenvalue weighted by atomic mass is 9.80.